The van der Waals surface area contributed by atoms with Gasteiger partial charge in [0.2, 0.25) is 0 Å². The highest BCUT2D eigenvalue weighted by molar-refractivity contribution is 6.05. The molecule has 4 heteroatoms. The van der Waals surface area contributed by atoms with E-state index in [4.69, 9.17) is 14.2 Å². The Kier molecular flexibility index (Phi) is 5.01. The van der Waals surface area contributed by atoms with Crippen molar-refractivity contribution in [2.24, 2.45) is 0 Å². The van der Waals surface area contributed by atoms with Crippen LogP contribution in [0, 0.1) is 13.8 Å². The van der Waals surface area contributed by atoms with E-state index in [0.717, 1.165) is 11.1 Å². The lowest BCUT2D eigenvalue weighted by Crippen LogP contribution is -2.46. The smallest absolute Gasteiger partial charge is 0.198 e. The van der Waals surface area contributed by atoms with E-state index < -0.39 is 5.60 Å². The van der Waals surface area contributed by atoms with Crippen LogP contribution in [0.3, 0.4) is 0 Å². The van der Waals surface area contributed by atoms with E-state index in [1.54, 1.807) is 7.11 Å². The number of carbonyl (C=O) groups is 1. The van der Waals surface area contributed by atoms with Gasteiger partial charge in [-0.25, -0.2) is 0 Å². The third-order valence-corrected chi connectivity index (χ3v) is 4.26. The van der Waals surface area contributed by atoms with Crippen LogP contribution in [0.4, 0.5) is 0 Å². The zero-order chi connectivity index (χ0) is 15.5. The summed E-state index contributed by atoms with van der Waals surface area (Å²) in [7, 11) is 1.61. The predicted molar refractivity (Wildman–Crippen MR) is 81.2 cm³/mol. The quantitative estimate of drug-likeness (QED) is 0.782. The molecular formula is C17H24O4. The number of ketones is 1. The van der Waals surface area contributed by atoms with Crippen LogP contribution in [-0.4, -0.2) is 38.3 Å². The van der Waals surface area contributed by atoms with Gasteiger partial charge in [0.1, 0.15) is 11.4 Å². The number of ether oxygens (including phenoxy) is 3. The number of benzene rings is 1. The van der Waals surface area contributed by atoms with Crippen molar-refractivity contribution in [2.75, 3.05) is 26.9 Å². The largest absolute Gasteiger partial charge is 0.496 e. The maximum atomic E-state index is 13.1. The fourth-order valence-electron chi connectivity index (χ4n) is 2.89. The second-order valence-electron chi connectivity index (χ2n) is 5.46. The average molecular weight is 292 g/mol. The van der Waals surface area contributed by atoms with Crippen LogP contribution in [0.2, 0.25) is 0 Å². The summed E-state index contributed by atoms with van der Waals surface area (Å²) in [4.78, 5) is 13.1. The lowest BCUT2D eigenvalue weighted by atomic mass is 9.84. The topological polar surface area (TPSA) is 44.8 Å². The molecule has 4 nitrogen and oxygen atoms in total. The SMILES string of the molecule is CCOC1(C(=O)c2ccc(C)c(C)c2OC)CCOCC1. The molecule has 0 radical (unpaired) electrons. The summed E-state index contributed by atoms with van der Waals surface area (Å²) in [5.74, 6) is 0.665. The zero-order valence-electron chi connectivity index (χ0n) is 13.3. The lowest BCUT2D eigenvalue weighted by Gasteiger charge is -2.35. The van der Waals surface area contributed by atoms with Crippen molar-refractivity contribution < 1.29 is 19.0 Å². The van der Waals surface area contributed by atoms with Gasteiger partial charge < -0.3 is 14.2 Å². The summed E-state index contributed by atoms with van der Waals surface area (Å²) in [6.45, 7) is 7.53. The Bertz CT molecular complexity index is 510. The minimum Gasteiger partial charge on any atom is -0.496 e. The molecule has 116 valence electrons. The lowest BCUT2D eigenvalue weighted by molar-refractivity contribution is -0.0823. The first-order chi connectivity index (χ1) is 10.1. The molecule has 0 unspecified atom stereocenters. The van der Waals surface area contributed by atoms with Crippen molar-refractivity contribution in [3.63, 3.8) is 0 Å². The predicted octanol–water partition coefficient (Wildman–Crippen LogP) is 3.08. The fourth-order valence-corrected chi connectivity index (χ4v) is 2.89. The van der Waals surface area contributed by atoms with Crippen LogP contribution >= 0.6 is 0 Å². The van der Waals surface area contributed by atoms with Crippen molar-refractivity contribution in [2.45, 2.75) is 39.2 Å². The minimum absolute atomic E-state index is 0.00704. The molecule has 1 fully saturated rings. The van der Waals surface area contributed by atoms with E-state index in [-0.39, 0.29) is 5.78 Å². The van der Waals surface area contributed by atoms with Crippen LogP contribution in [-0.2, 0) is 9.47 Å². The van der Waals surface area contributed by atoms with Gasteiger partial charge in [-0.2, -0.15) is 0 Å². The minimum atomic E-state index is -0.776. The first kappa shape index (κ1) is 16.0. The molecule has 0 N–H and O–H groups in total. The van der Waals surface area contributed by atoms with Gasteiger partial charge in [-0.3, -0.25) is 4.79 Å². The Morgan fingerprint density at radius 2 is 1.95 bits per heavy atom. The van der Waals surface area contributed by atoms with Gasteiger partial charge in [0.15, 0.2) is 5.78 Å². The summed E-state index contributed by atoms with van der Waals surface area (Å²) in [6.07, 6.45) is 1.19. The summed E-state index contributed by atoms with van der Waals surface area (Å²) >= 11 is 0. The van der Waals surface area contributed by atoms with Gasteiger partial charge in [0.05, 0.1) is 12.7 Å². The third kappa shape index (κ3) is 2.97. The first-order valence-corrected chi connectivity index (χ1v) is 7.46. The Morgan fingerprint density at radius 3 is 2.52 bits per heavy atom. The number of aryl methyl sites for hydroxylation is 1. The molecular weight excluding hydrogens is 268 g/mol. The number of Topliss-reactive ketones (excluding diaryl/α,β-unsaturated/α-hetero) is 1. The standard InChI is InChI=1S/C17H24O4/c1-5-21-17(8-10-20-11-9-17)16(18)14-7-6-12(2)13(3)15(14)19-4/h6-7H,5,8-11H2,1-4H3. The molecule has 1 heterocycles. The van der Waals surface area contributed by atoms with Crippen LogP contribution in [0.1, 0.15) is 41.3 Å². The fraction of sp³-hybridized carbons (Fsp3) is 0.588. The summed E-state index contributed by atoms with van der Waals surface area (Å²) in [5.41, 5.74) is 1.95. The highest BCUT2D eigenvalue weighted by Gasteiger charge is 2.42. The molecule has 1 saturated heterocycles. The Morgan fingerprint density at radius 1 is 1.29 bits per heavy atom. The third-order valence-electron chi connectivity index (χ3n) is 4.26. The van der Waals surface area contributed by atoms with Crippen molar-refractivity contribution in [3.05, 3.63) is 28.8 Å². The number of rotatable bonds is 5. The van der Waals surface area contributed by atoms with E-state index >= 15 is 0 Å². The monoisotopic (exact) mass is 292 g/mol. The van der Waals surface area contributed by atoms with Gasteiger partial charge >= 0.3 is 0 Å². The van der Waals surface area contributed by atoms with Crippen molar-refractivity contribution in [1.29, 1.82) is 0 Å². The van der Waals surface area contributed by atoms with E-state index in [2.05, 4.69) is 0 Å². The molecule has 0 aliphatic carbocycles. The summed E-state index contributed by atoms with van der Waals surface area (Å²) in [6, 6.07) is 3.81. The molecule has 0 saturated carbocycles. The molecule has 1 aliphatic heterocycles. The molecule has 2 rings (SSSR count). The van der Waals surface area contributed by atoms with Crippen molar-refractivity contribution >= 4 is 5.78 Å². The van der Waals surface area contributed by atoms with Crippen molar-refractivity contribution in [3.8, 4) is 5.75 Å². The number of methoxy groups -OCH3 is 1. The molecule has 1 aliphatic rings. The van der Waals surface area contributed by atoms with Crippen LogP contribution in [0.15, 0.2) is 12.1 Å². The van der Waals surface area contributed by atoms with E-state index in [1.807, 2.05) is 32.9 Å². The first-order valence-electron chi connectivity index (χ1n) is 7.46. The summed E-state index contributed by atoms with van der Waals surface area (Å²) < 4.78 is 16.7. The molecule has 0 spiro atoms. The normalized spacial score (nSPS) is 17.5. The van der Waals surface area contributed by atoms with E-state index in [1.165, 1.54) is 0 Å². The number of hydrogen-bond donors (Lipinski definition) is 0. The number of carbonyl (C=O) groups excluding carboxylic acids is 1. The van der Waals surface area contributed by atoms with E-state index in [0.29, 0.717) is 44.0 Å². The molecule has 0 amide bonds. The second-order valence-corrected chi connectivity index (χ2v) is 5.46. The second kappa shape index (κ2) is 6.58. The zero-order valence-corrected chi connectivity index (χ0v) is 13.3. The Balaban J connectivity index is 2.44. The molecule has 0 aromatic heterocycles. The molecule has 21 heavy (non-hydrogen) atoms. The van der Waals surface area contributed by atoms with Crippen LogP contribution < -0.4 is 4.74 Å². The van der Waals surface area contributed by atoms with Gasteiger partial charge in [-0.05, 0) is 38.0 Å². The van der Waals surface area contributed by atoms with Gasteiger partial charge in [0.25, 0.3) is 0 Å². The Labute approximate surface area is 126 Å². The van der Waals surface area contributed by atoms with Crippen LogP contribution in [0.5, 0.6) is 5.75 Å². The molecule has 0 bridgehead atoms. The molecule has 0 atom stereocenters. The highest BCUT2D eigenvalue weighted by atomic mass is 16.5. The molecule has 1 aromatic rings. The summed E-state index contributed by atoms with van der Waals surface area (Å²) in [5, 5.41) is 0. The maximum Gasteiger partial charge on any atom is 0.198 e. The van der Waals surface area contributed by atoms with Crippen LogP contribution in [0.25, 0.3) is 0 Å². The maximum absolute atomic E-state index is 13.1. The van der Waals surface area contributed by atoms with E-state index in [9.17, 15) is 4.79 Å². The average Bonchev–Trinajstić information content (AvgIpc) is 2.50. The number of hydrogen-bond acceptors (Lipinski definition) is 4. The van der Waals surface area contributed by atoms with Gasteiger partial charge in [0, 0.05) is 32.7 Å². The van der Waals surface area contributed by atoms with Gasteiger partial charge in [-0.15, -0.1) is 0 Å². The van der Waals surface area contributed by atoms with Gasteiger partial charge in [-0.1, -0.05) is 6.07 Å². The highest BCUT2D eigenvalue weighted by Crippen LogP contribution is 2.34. The Hall–Kier alpha value is -1.39. The van der Waals surface area contributed by atoms with Crippen molar-refractivity contribution in [1.82, 2.24) is 0 Å². The molecule has 1 aromatic carbocycles.